The van der Waals surface area contributed by atoms with Crippen molar-refractivity contribution in [2.24, 2.45) is 0 Å². The number of hydrogen-bond acceptors (Lipinski definition) is 4. The first kappa shape index (κ1) is 18.5. The molecule has 3 aromatic carbocycles. The second-order valence-corrected chi connectivity index (χ2v) is 6.17. The average molecular weight is 361 g/mol. The van der Waals surface area contributed by atoms with E-state index in [1.54, 1.807) is 7.11 Å². The highest BCUT2D eigenvalue weighted by Crippen LogP contribution is 2.35. The molecule has 4 heteroatoms. The number of anilines is 1. The lowest BCUT2D eigenvalue weighted by Crippen LogP contribution is -2.27. The summed E-state index contributed by atoms with van der Waals surface area (Å²) in [4.78, 5) is 12.7. The molecule has 138 valence electrons. The first-order valence-corrected chi connectivity index (χ1v) is 8.81. The summed E-state index contributed by atoms with van der Waals surface area (Å²) in [5.74, 6) is 0.0150. The van der Waals surface area contributed by atoms with Crippen LogP contribution in [0.2, 0.25) is 0 Å². The molecule has 0 spiro atoms. The van der Waals surface area contributed by atoms with Crippen molar-refractivity contribution in [3.63, 3.8) is 0 Å². The molecule has 2 atom stereocenters. The predicted octanol–water partition coefficient (Wildman–Crippen LogP) is 4.81. The van der Waals surface area contributed by atoms with Gasteiger partial charge in [-0.15, -0.1) is 0 Å². The van der Waals surface area contributed by atoms with E-state index in [1.807, 2.05) is 84.9 Å². The first-order valence-electron chi connectivity index (χ1n) is 8.81. The Morgan fingerprint density at radius 2 is 1.33 bits per heavy atom. The smallest absolute Gasteiger partial charge is 0.315 e. The molecule has 3 aromatic rings. The van der Waals surface area contributed by atoms with E-state index in [9.17, 15) is 4.79 Å². The normalized spacial score (nSPS) is 12.7. The Bertz CT molecular complexity index is 848. The van der Waals surface area contributed by atoms with Crippen molar-refractivity contribution in [3.05, 3.63) is 96.1 Å². The molecule has 0 radical (unpaired) electrons. The van der Waals surface area contributed by atoms with Crippen molar-refractivity contribution < 1.29 is 14.3 Å². The molecule has 0 heterocycles. The highest BCUT2D eigenvalue weighted by atomic mass is 16.5. The van der Waals surface area contributed by atoms with E-state index in [-0.39, 0.29) is 12.0 Å². The van der Waals surface area contributed by atoms with Gasteiger partial charge in [0.2, 0.25) is 0 Å². The average Bonchev–Trinajstić information content (AvgIpc) is 2.75. The number of carbonyl (C=O) groups excluding carboxylic acids is 1. The third kappa shape index (κ3) is 4.47. The molecule has 0 saturated carbocycles. The SMILES string of the molecule is COC(=O)C(c1ccccc1)C(Nc1ccc(OC)cc1)c1ccccc1. The summed E-state index contributed by atoms with van der Waals surface area (Å²) in [5.41, 5.74) is 2.81. The van der Waals surface area contributed by atoms with Gasteiger partial charge in [0.15, 0.2) is 0 Å². The van der Waals surface area contributed by atoms with Gasteiger partial charge in [-0.2, -0.15) is 0 Å². The molecule has 0 saturated heterocycles. The number of nitrogens with one attached hydrogen (secondary N) is 1. The number of carbonyl (C=O) groups is 1. The van der Waals surface area contributed by atoms with Gasteiger partial charge < -0.3 is 14.8 Å². The summed E-state index contributed by atoms with van der Waals surface area (Å²) in [7, 11) is 3.06. The number of methoxy groups -OCH3 is 2. The third-order valence-corrected chi connectivity index (χ3v) is 4.52. The van der Waals surface area contributed by atoms with Gasteiger partial charge in [-0.3, -0.25) is 4.79 Å². The Labute approximate surface area is 159 Å². The zero-order chi connectivity index (χ0) is 19.1. The predicted molar refractivity (Wildman–Crippen MR) is 107 cm³/mol. The topological polar surface area (TPSA) is 47.6 Å². The summed E-state index contributed by atoms with van der Waals surface area (Å²) in [6, 6.07) is 27.0. The molecular formula is C23H23NO3. The van der Waals surface area contributed by atoms with E-state index in [4.69, 9.17) is 9.47 Å². The van der Waals surface area contributed by atoms with Crippen LogP contribution in [-0.4, -0.2) is 20.2 Å². The Morgan fingerprint density at radius 1 is 0.778 bits per heavy atom. The molecule has 1 N–H and O–H groups in total. The Morgan fingerprint density at radius 3 is 1.85 bits per heavy atom. The van der Waals surface area contributed by atoms with E-state index in [0.717, 1.165) is 22.6 Å². The van der Waals surface area contributed by atoms with Crippen LogP contribution in [-0.2, 0) is 9.53 Å². The number of ether oxygens (including phenoxy) is 2. The van der Waals surface area contributed by atoms with Gasteiger partial charge in [0.05, 0.1) is 20.3 Å². The molecule has 3 rings (SSSR count). The van der Waals surface area contributed by atoms with Crippen LogP contribution in [0, 0.1) is 0 Å². The molecule has 0 aliphatic carbocycles. The van der Waals surface area contributed by atoms with Crippen LogP contribution < -0.4 is 10.1 Å². The summed E-state index contributed by atoms with van der Waals surface area (Å²) in [5, 5.41) is 3.50. The summed E-state index contributed by atoms with van der Waals surface area (Å²) in [6.45, 7) is 0. The van der Waals surface area contributed by atoms with Crippen LogP contribution in [0.15, 0.2) is 84.9 Å². The van der Waals surface area contributed by atoms with Crippen LogP contribution in [0.4, 0.5) is 5.69 Å². The molecule has 0 aliphatic heterocycles. The number of rotatable bonds is 7. The van der Waals surface area contributed by atoms with Crippen molar-refractivity contribution >= 4 is 11.7 Å². The number of esters is 1. The van der Waals surface area contributed by atoms with Crippen molar-refractivity contribution in [2.45, 2.75) is 12.0 Å². The van der Waals surface area contributed by atoms with E-state index in [1.165, 1.54) is 7.11 Å². The Balaban J connectivity index is 2.02. The minimum absolute atomic E-state index is 0.281. The van der Waals surface area contributed by atoms with Gasteiger partial charge in [0.1, 0.15) is 11.7 Å². The maximum absolute atomic E-state index is 12.7. The minimum atomic E-state index is -0.485. The quantitative estimate of drug-likeness (QED) is 0.614. The molecule has 4 nitrogen and oxygen atoms in total. The molecule has 27 heavy (non-hydrogen) atoms. The van der Waals surface area contributed by atoms with Crippen LogP contribution in [0.1, 0.15) is 23.1 Å². The van der Waals surface area contributed by atoms with E-state index >= 15 is 0 Å². The fourth-order valence-corrected chi connectivity index (χ4v) is 3.14. The second kappa shape index (κ2) is 8.90. The first-order chi connectivity index (χ1) is 13.2. The lowest BCUT2D eigenvalue weighted by molar-refractivity contribution is -0.142. The summed E-state index contributed by atoms with van der Waals surface area (Å²) in [6.07, 6.45) is 0. The molecule has 0 amide bonds. The van der Waals surface area contributed by atoms with Gasteiger partial charge in [-0.25, -0.2) is 0 Å². The van der Waals surface area contributed by atoms with Gasteiger partial charge in [-0.05, 0) is 35.4 Å². The fraction of sp³-hybridized carbons (Fsp3) is 0.174. The van der Waals surface area contributed by atoms with E-state index in [0.29, 0.717) is 0 Å². The summed E-state index contributed by atoms with van der Waals surface area (Å²) < 4.78 is 10.4. The van der Waals surface area contributed by atoms with Crippen molar-refractivity contribution in [1.82, 2.24) is 0 Å². The van der Waals surface area contributed by atoms with Gasteiger partial charge in [-0.1, -0.05) is 60.7 Å². The molecule has 0 bridgehead atoms. The van der Waals surface area contributed by atoms with Crippen molar-refractivity contribution in [2.75, 3.05) is 19.5 Å². The Kier molecular flexibility index (Phi) is 6.10. The highest BCUT2D eigenvalue weighted by molar-refractivity contribution is 5.80. The maximum atomic E-state index is 12.7. The zero-order valence-electron chi connectivity index (χ0n) is 15.5. The van der Waals surface area contributed by atoms with Crippen LogP contribution in [0.5, 0.6) is 5.75 Å². The maximum Gasteiger partial charge on any atom is 0.315 e. The standard InChI is InChI=1S/C23H23NO3/c1-26-20-15-13-19(14-16-20)24-22(18-11-7-4-8-12-18)21(23(25)27-2)17-9-5-3-6-10-17/h3-16,21-22,24H,1-2H3. The number of benzene rings is 3. The third-order valence-electron chi connectivity index (χ3n) is 4.52. The minimum Gasteiger partial charge on any atom is -0.497 e. The van der Waals surface area contributed by atoms with Gasteiger partial charge >= 0.3 is 5.97 Å². The molecule has 2 unspecified atom stereocenters. The second-order valence-electron chi connectivity index (χ2n) is 6.17. The highest BCUT2D eigenvalue weighted by Gasteiger charge is 2.32. The van der Waals surface area contributed by atoms with Crippen molar-refractivity contribution in [3.8, 4) is 5.75 Å². The number of hydrogen-bond donors (Lipinski definition) is 1. The van der Waals surface area contributed by atoms with Crippen molar-refractivity contribution in [1.29, 1.82) is 0 Å². The zero-order valence-corrected chi connectivity index (χ0v) is 15.5. The lowest BCUT2D eigenvalue weighted by atomic mass is 9.86. The molecule has 0 aliphatic rings. The molecule has 0 fully saturated rings. The monoisotopic (exact) mass is 361 g/mol. The van der Waals surface area contributed by atoms with Crippen LogP contribution >= 0.6 is 0 Å². The molecular weight excluding hydrogens is 338 g/mol. The van der Waals surface area contributed by atoms with Gasteiger partial charge in [0.25, 0.3) is 0 Å². The largest absolute Gasteiger partial charge is 0.497 e. The van der Waals surface area contributed by atoms with Crippen LogP contribution in [0.3, 0.4) is 0 Å². The Hall–Kier alpha value is -3.27. The molecule has 0 aromatic heterocycles. The van der Waals surface area contributed by atoms with Gasteiger partial charge in [0, 0.05) is 5.69 Å². The van der Waals surface area contributed by atoms with E-state index < -0.39 is 5.92 Å². The summed E-state index contributed by atoms with van der Waals surface area (Å²) >= 11 is 0. The fourth-order valence-electron chi connectivity index (χ4n) is 3.14. The van der Waals surface area contributed by atoms with Crippen LogP contribution in [0.25, 0.3) is 0 Å². The lowest BCUT2D eigenvalue weighted by Gasteiger charge is -2.28. The van der Waals surface area contributed by atoms with E-state index in [2.05, 4.69) is 5.32 Å².